The van der Waals surface area contributed by atoms with Gasteiger partial charge in [0.05, 0.1) is 6.04 Å². The third kappa shape index (κ3) is 1.35. The number of aromatic nitrogens is 4. The Balaban J connectivity index is 2.51. The minimum Gasteiger partial charge on any atom is -0.310 e. The van der Waals surface area contributed by atoms with E-state index < -0.39 is 0 Å². The molecule has 0 radical (unpaired) electrons. The van der Waals surface area contributed by atoms with Crippen molar-refractivity contribution in [2.24, 2.45) is 0 Å². The van der Waals surface area contributed by atoms with Crippen LogP contribution in [0.5, 0.6) is 0 Å². The molecule has 2 rings (SSSR count). The Kier molecular flexibility index (Phi) is 2.41. The number of rotatable bonds is 3. The first-order valence-electron chi connectivity index (χ1n) is 4.69. The topological polar surface area (TPSA) is 55.1 Å². The maximum Gasteiger partial charge on any atom is 0.254 e. The second-order valence-electron chi connectivity index (χ2n) is 3.10. The molecule has 0 saturated carbocycles. The highest BCUT2D eigenvalue weighted by Crippen LogP contribution is 2.13. The van der Waals surface area contributed by atoms with Crippen molar-refractivity contribution in [1.82, 2.24) is 24.9 Å². The molecule has 0 spiro atoms. The molecule has 0 fully saturated rings. The molecule has 5 heteroatoms. The van der Waals surface area contributed by atoms with Gasteiger partial charge in [-0.05, 0) is 19.5 Å². The lowest BCUT2D eigenvalue weighted by atomic mass is 10.2. The van der Waals surface area contributed by atoms with Gasteiger partial charge in [-0.15, -0.1) is 10.2 Å². The van der Waals surface area contributed by atoms with Crippen LogP contribution in [0.1, 0.15) is 25.2 Å². The zero-order valence-electron chi connectivity index (χ0n) is 8.31. The summed E-state index contributed by atoms with van der Waals surface area (Å²) in [7, 11) is 1.92. The predicted octanol–water partition coefficient (Wildman–Crippen LogP) is 0.795. The van der Waals surface area contributed by atoms with Crippen LogP contribution >= 0.6 is 0 Å². The zero-order chi connectivity index (χ0) is 9.97. The van der Waals surface area contributed by atoms with E-state index in [1.807, 2.05) is 23.7 Å². The van der Waals surface area contributed by atoms with Crippen LogP contribution in [0.2, 0.25) is 0 Å². The van der Waals surface area contributed by atoms with E-state index in [-0.39, 0.29) is 6.04 Å². The Bertz CT molecular complexity index is 418. The fraction of sp³-hybridized carbons (Fsp3) is 0.444. The van der Waals surface area contributed by atoms with Gasteiger partial charge in [0.25, 0.3) is 5.78 Å². The first-order valence-corrected chi connectivity index (χ1v) is 4.69. The number of hydrogen-bond acceptors (Lipinski definition) is 4. The summed E-state index contributed by atoms with van der Waals surface area (Å²) in [4.78, 5) is 4.11. The van der Waals surface area contributed by atoms with Crippen molar-refractivity contribution >= 4 is 5.78 Å². The Hall–Kier alpha value is -1.49. The second-order valence-corrected chi connectivity index (χ2v) is 3.10. The first kappa shape index (κ1) is 9.08. The van der Waals surface area contributed by atoms with Crippen molar-refractivity contribution < 1.29 is 0 Å². The monoisotopic (exact) mass is 191 g/mol. The van der Waals surface area contributed by atoms with Crippen molar-refractivity contribution in [1.29, 1.82) is 0 Å². The van der Waals surface area contributed by atoms with E-state index in [4.69, 9.17) is 0 Å². The van der Waals surface area contributed by atoms with Crippen molar-refractivity contribution in [2.75, 3.05) is 7.05 Å². The molecule has 0 aliphatic rings. The summed E-state index contributed by atoms with van der Waals surface area (Å²) in [6, 6.07) is 2.11. The molecule has 2 aromatic heterocycles. The smallest absolute Gasteiger partial charge is 0.254 e. The fourth-order valence-electron chi connectivity index (χ4n) is 1.51. The van der Waals surface area contributed by atoms with E-state index in [1.165, 1.54) is 0 Å². The number of hydrogen-bond donors (Lipinski definition) is 1. The summed E-state index contributed by atoms with van der Waals surface area (Å²) in [5, 5.41) is 11.3. The largest absolute Gasteiger partial charge is 0.310 e. The minimum absolute atomic E-state index is 0.231. The van der Waals surface area contributed by atoms with Crippen LogP contribution < -0.4 is 5.32 Å². The van der Waals surface area contributed by atoms with Gasteiger partial charge >= 0.3 is 0 Å². The normalized spacial score (nSPS) is 13.3. The van der Waals surface area contributed by atoms with Crippen LogP contribution in [-0.2, 0) is 0 Å². The standard InChI is InChI=1S/C9H13N5/c1-3-7(10-2)8-12-13-9-11-5-4-6-14(8)9/h4-7,10H,3H2,1-2H3. The lowest BCUT2D eigenvalue weighted by Crippen LogP contribution is -2.18. The highest BCUT2D eigenvalue weighted by atomic mass is 15.3. The summed E-state index contributed by atoms with van der Waals surface area (Å²) in [6.45, 7) is 2.11. The lowest BCUT2D eigenvalue weighted by molar-refractivity contribution is 0.539. The van der Waals surface area contributed by atoms with Crippen molar-refractivity contribution in [2.45, 2.75) is 19.4 Å². The van der Waals surface area contributed by atoms with Gasteiger partial charge in [-0.25, -0.2) is 4.98 Å². The predicted molar refractivity (Wildman–Crippen MR) is 52.9 cm³/mol. The number of fused-ring (bicyclic) bond motifs is 1. The highest BCUT2D eigenvalue weighted by molar-refractivity contribution is 5.27. The van der Waals surface area contributed by atoms with E-state index in [0.29, 0.717) is 5.78 Å². The molecule has 1 unspecified atom stereocenters. The van der Waals surface area contributed by atoms with E-state index in [9.17, 15) is 0 Å². The van der Waals surface area contributed by atoms with Crippen LogP contribution in [0.25, 0.3) is 5.78 Å². The average Bonchev–Trinajstić information content (AvgIpc) is 2.65. The van der Waals surface area contributed by atoms with Crippen LogP contribution in [0.3, 0.4) is 0 Å². The molecule has 0 bridgehead atoms. The third-order valence-electron chi connectivity index (χ3n) is 2.28. The summed E-state index contributed by atoms with van der Waals surface area (Å²) < 4.78 is 1.91. The Labute approximate surface area is 82.2 Å². The molecular weight excluding hydrogens is 178 g/mol. The Morgan fingerprint density at radius 1 is 1.50 bits per heavy atom. The molecule has 1 atom stereocenters. The van der Waals surface area contributed by atoms with Gasteiger partial charge in [-0.2, -0.15) is 0 Å². The lowest BCUT2D eigenvalue weighted by Gasteiger charge is -2.10. The second kappa shape index (κ2) is 3.71. The molecule has 0 aliphatic heterocycles. The molecule has 74 valence electrons. The molecular formula is C9H13N5. The SMILES string of the molecule is CCC(NC)c1nnc2ncccn12. The van der Waals surface area contributed by atoms with Gasteiger partial charge in [0.15, 0.2) is 5.82 Å². The Morgan fingerprint density at radius 2 is 2.36 bits per heavy atom. The molecule has 2 aromatic rings. The number of nitrogens with one attached hydrogen (secondary N) is 1. The molecule has 0 saturated heterocycles. The molecule has 1 N–H and O–H groups in total. The van der Waals surface area contributed by atoms with Crippen molar-refractivity contribution in [3.8, 4) is 0 Å². The van der Waals surface area contributed by atoms with Crippen LogP contribution in [0.4, 0.5) is 0 Å². The van der Waals surface area contributed by atoms with Gasteiger partial charge in [-0.1, -0.05) is 6.92 Å². The summed E-state index contributed by atoms with van der Waals surface area (Å²) in [6.07, 6.45) is 4.62. The summed E-state index contributed by atoms with van der Waals surface area (Å²) in [5.74, 6) is 1.56. The van der Waals surface area contributed by atoms with Gasteiger partial charge in [0.2, 0.25) is 0 Å². The number of nitrogens with zero attached hydrogens (tertiary/aromatic N) is 4. The Morgan fingerprint density at radius 3 is 3.07 bits per heavy atom. The highest BCUT2D eigenvalue weighted by Gasteiger charge is 2.13. The van der Waals surface area contributed by atoms with E-state index >= 15 is 0 Å². The quantitative estimate of drug-likeness (QED) is 0.779. The van der Waals surface area contributed by atoms with Crippen LogP contribution in [-0.4, -0.2) is 26.6 Å². The molecule has 5 nitrogen and oxygen atoms in total. The van der Waals surface area contributed by atoms with E-state index in [2.05, 4.69) is 27.4 Å². The third-order valence-corrected chi connectivity index (χ3v) is 2.28. The molecule has 14 heavy (non-hydrogen) atoms. The van der Waals surface area contributed by atoms with Gasteiger partial charge in [0.1, 0.15) is 0 Å². The van der Waals surface area contributed by atoms with Crippen LogP contribution in [0.15, 0.2) is 18.5 Å². The van der Waals surface area contributed by atoms with Crippen molar-refractivity contribution in [3.63, 3.8) is 0 Å². The first-order chi connectivity index (χ1) is 6.86. The zero-order valence-corrected chi connectivity index (χ0v) is 8.31. The molecule has 2 heterocycles. The van der Waals surface area contributed by atoms with Gasteiger partial charge in [-0.3, -0.25) is 4.40 Å². The maximum absolute atomic E-state index is 4.13. The molecule has 0 amide bonds. The summed E-state index contributed by atoms with van der Waals surface area (Å²) in [5.41, 5.74) is 0. The molecule has 0 aromatic carbocycles. The average molecular weight is 191 g/mol. The molecule has 0 aliphatic carbocycles. The van der Waals surface area contributed by atoms with E-state index in [0.717, 1.165) is 12.2 Å². The summed E-state index contributed by atoms with van der Waals surface area (Å²) >= 11 is 0. The van der Waals surface area contributed by atoms with Gasteiger partial charge < -0.3 is 5.32 Å². The van der Waals surface area contributed by atoms with E-state index in [1.54, 1.807) is 6.20 Å². The van der Waals surface area contributed by atoms with Crippen LogP contribution in [0, 0.1) is 0 Å². The minimum atomic E-state index is 0.231. The fourth-order valence-corrected chi connectivity index (χ4v) is 1.51. The van der Waals surface area contributed by atoms with Gasteiger partial charge in [0, 0.05) is 12.4 Å². The maximum atomic E-state index is 4.13. The van der Waals surface area contributed by atoms with Crippen molar-refractivity contribution in [3.05, 3.63) is 24.3 Å².